The van der Waals surface area contributed by atoms with Gasteiger partial charge >= 0.3 is 6.18 Å². The third-order valence-electron chi connectivity index (χ3n) is 4.68. The topological polar surface area (TPSA) is 112 Å². The van der Waals surface area contributed by atoms with Crippen molar-refractivity contribution >= 4 is 21.4 Å². The summed E-state index contributed by atoms with van der Waals surface area (Å²) in [5.41, 5.74) is 13.2. The van der Waals surface area contributed by atoms with Crippen molar-refractivity contribution in [1.29, 1.82) is 0 Å². The van der Waals surface area contributed by atoms with Crippen LogP contribution in [0, 0.1) is 0 Å². The third-order valence-corrected chi connectivity index (χ3v) is 6.12. The molecule has 0 fully saturated rings. The molecule has 0 aliphatic carbocycles. The van der Waals surface area contributed by atoms with Crippen LogP contribution >= 0.6 is 11.6 Å². The van der Waals surface area contributed by atoms with Gasteiger partial charge in [-0.2, -0.15) is 13.2 Å². The largest absolute Gasteiger partial charge is 0.417 e. The first kappa shape index (κ1) is 23.1. The fourth-order valence-corrected chi connectivity index (χ4v) is 3.86. The Morgan fingerprint density at radius 1 is 0.968 bits per heavy atom. The van der Waals surface area contributed by atoms with Gasteiger partial charge in [-0.3, -0.25) is 0 Å². The van der Waals surface area contributed by atoms with Crippen molar-refractivity contribution in [1.82, 2.24) is 9.97 Å². The van der Waals surface area contributed by atoms with E-state index in [4.69, 9.17) is 23.1 Å². The number of hydrogen-bond donors (Lipinski definition) is 2. The maximum Gasteiger partial charge on any atom is 0.417 e. The third kappa shape index (κ3) is 5.21. The van der Waals surface area contributed by atoms with Crippen LogP contribution in [0.5, 0.6) is 0 Å². The first-order valence-electron chi connectivity index (χ1n) is 8.88. The molecule has 0 spiro atoms. The fraction of sp³-hybridized carbons (Fsp3) is 0.200. The standard InChI is InChI=1S/C20H18ClF3N4O2S/c1-31(29,30)13-5-2-11(3-6-13)18(25)19(26)17-9-16(27-10-28-17)12-4-7-14(15(21)8-12)20(22,23)24/h2-10,18-19H,25-26H2,1H3. The Morgan fingerprint density at radius 3 is 2.16 bits per heavy atom. The summed E-state index contributed by atoms with van der Waals surface area (Å²) < 4.78 is 62.0. The Bertz CT molecular complexity index is 1200. The molecule has 6 nitrogen and oxygen atoms in total. The molecule has 0 aliphatic heterocycles. The van der Waals surface area contributed by atoms with Crippen LogP contribution in [-0.4, -0.2) is 24.6 Å². The van der Waals surface area contributed by atoms with Gasteiger partial charge in [-0.1, -0.05) is 29.8 Å². The summed E-state index contributed by atoms with van der Waals surface area (Å²) in [5, 5.41) is -0.447. The Hall–Kier alpha value is -2.53. The van der Waals surface area contributed by atoms with Gasteiger partial charge in [0.05, 0.1) is 39.0 Å². The summed E-state index contributed by atoms with van der Waals surface area (Å²) >= 11 is 5.79. The Morgan fingerprint density at radius 2 is 1.61 bits per heavy atom. The lowest BCUT2D eigenvalue weighted by Crippen LogP contribution is -2.27. The number of benzene rings is 2. The fourth-order valence-electron chi connectivity index (χ4n) is 2.95. The van der Waals surface area contributed by atoms with Crippen LogP contribution in [0.25, 0.3) is 11.3 Å². The second kappa shape index (κ2) is 8.54. The molecule has 31 heavy (non-hydrogen) atoms. The second-order valence-corrected chi connectivity index (χ2v) is 9.34. The molecule has 0 saturated carbocycles. The first-order chi connectivity index (χ1) is 14.4. The predicted octanol–water partition coefficient (Wildman–Crippen LogP) is 3.92. The number of nitrogens with two attached hydrogens (primary N) is 2. The zero-order valence-electron chi connectivity index (χ0n) is 16.1. The van der Waals surface area contributed by atoms with E-state index in [0.717, 1.165) is 12.3 Å². The Kier molecular flexibility index (Phi) is 6.38. The molecule has 0 amide bonds. The molecule has 2 aromatic carbocycles. The molecule has 164 valence electrons. The molecule has 2 unspecified atom stereocenters. The van der Waals surface area contributed by atoms with Crippen LogP contribution in [-0.2, 0) is 16.0 Å². The summed E-state index contributed by atoms with van der Waals surface area (Å²) in [6, 6.07) is 9.35. The second-order valence-electron chi connectivity index (χ2n) is 6.91. The highest BCUT2D eigenvalue weighted by atomic mass is 35.5. The van der Waals surface area contributed by atoms with Gasteiger partial charge < -0.3 is 11.5 Å². The molecule has 3 aromatic rings. The number of aromatic nitrogens is 2. The van der Waals surface area contributed by atoms with Crippen LogP contribution in [0.2, 0.25) is 5.02 Å². The zero-order valence-corrected chi connectivity index (χ0v) is 17.7. The maximum atomic E-state index is 12.9. The zero-order chi connectivity index (χ0) is 23.0. The lowest BCUT2D eigenvalue weighted by atomic mass is 9.97. The normalized spacial score (nSPS) is 14.3. The van der Waals surface area contributed by atoms with Crippen LogP contribution in [0.1, 0.15) is 28.9 Å². The van der Waals surface area contributed by atoms with Crippen LogP contribution < -0.4 is 11.5 Å². The van der Waals surface area contributed by atoms with Crippen molar-refractivity contribution in [2.24, 2.45) is 11.5 Å². The average Bonchev–Trinajstić information content (AvgIpc) is 2.71. The van der Waals surface area contributed by atoms with Crippen molar-refractivity contribution < 1.29 is 21.6 Å². The molecule has 3 rings (SSSR count). The van der Waals surface area contributed by atoms with Crippen molar-refractivity contribution in [3.05, 3.63) is 76.7 Å². The molecule has 0 radical (unpaired) electrons. The molecule has 0 bridgehead atoms. The van der Waals surface area contributed by atoms with Crippen molar-refractivity contribution in [2.45, 2.75) is 23.2 Å². The first-order valence-corrected chi connectivity index (χ1v) is 11.1. The van der Waals surface area contributed by atoms with Gasteiger partial charge in [0.25, 0.3) is 0 Å². The highest BCUT2D eigenvalue weighted by molar-refractivity contribution is 7.90. The SMILES string of the molecule is CS(=O)(=O)c1ccc(C(N)C(N)c2cc(-c3ccc(C(F)(F)F)c(Cl)c3)ncn2)cc1. The Balaban J connectivity index is 1.88. The number of alkyl halides is 3. The molecular formula is C20H18ClF3N4O2S. The highest BCUT2D eigenvalue weighted by Gasteiger charge is 2.33. The van der Waals surface area contributed by atoms with E-state index in [1.807, 2.05) is 0 Å². The van der Waals surface area contributed by atoms with Gasteiger partial charge in [-0.25, -0.2) is 18.4 Å². The summed E-state index contributed by atoms with van der Waals surface area (Å²) in [7, 11) is -3.34. The van der Waals surface area contributed by atoms with E-state index in [2.05, 4.69) is 9.97 Å². The van der Waals surface area contributed by atoms with Gasteiger partial charge in [0, 0.05) is 11.8 Å². The van der Waals surface area contributed by atoms with Crippen molar-refractivity contribution in [3.63, 3.8) is 0 Å². The van der Waals surface area contributed by atoms with E-state index in [1.54, 1.807) is 12.1 Å². The van der Waals surface area contributed by atoms with E-state index in [0.29, 0.717) is 22.5 Å². The highest BCUT2D eigenvalue weighted by Crippen LogP contribution is 2.36. The smallest absolute Gasteiger partial charge is 0.322 e. The minimum Gasteiger partial charge on any atom is -0.322 e. The Labute approximate surface area is 182 Å². The van der Waals surface area contributed by atoms with E-state index < -0.39 is 38.7 Å². The van der Waals surface area contributed by atoms with Gasteiger partial charge in [-0.15, -0.1) is 0 Å². The lowest BCUT2D eigenvalue weighted by molar-refractivity contribution is -0.137. The van der Waals surface area contributed by atoms with Crippen LogP contribution in [0.15, 0.2) is 59.8 Å². The molecule has 2 atom stereocenters. The van der Waals surface area contributed by atoms with E-state index >= 15 is 0 Å². The summed E-state index contributed by atoms with van der Waals surface area (Å²) in [6.07, 6.45) is -2.23. The molecule has 4 N–H and O–H groups in total. The number of rotatable bonds is 5. The molecule has 0 aliphatic rings. The van der Waals surface area contributed by atoms with Crippen LogP contribution in [0.4, 0.5) is 13.2 Å². The number of sulfone groups is 1. The minimum absolute atomic E-state index is 0.153. The van der Waals surface area contributed by atoms with E-state index in [-0.39, 0.29) is 4.90 Å². The quantitative estimate of drug-likeness (QED) is 0.584. The summed E-state index contributed by atoms with van der Waals surface area (Å²) in [4.78, 5) is 8.36. The minimum atomic E-state index is -4.56. The van der Waals surface area contributed by atoms with Crippen LogP contribution in [0.3, 0.4) is 0 Å². The molecule has 0 saturated heterocycles. The van der Waals surface area contributed by atoms with Gasteiger partial charge in [0.2, 0.25) is 0 Å². The van der Waals surface area contributed by atoms with Crippen molar-refractivity contribution in [3.8, 4) is 11.3 Å². The molecular weight excluding hydrogens is 453 g/mol. The van der Waals surface area contributed by atoms with Gasteiger partial charge in [0.15, 0.2) is 9.84 Å². The number of hydrogen-bond acceptors (Lipinski definition) is 6. The number of halogens is 4. The molecule has 11 heteroatoms. The van der Waals surface area contributed by atoms with E-state index in [1.165, 1.54) is 36.7 Å². The molecule has 1 aromatic heterocycles. The summed E-state index contributed by atoms with van der Waals surface area (Å²) in [6.45, 7) is 0. The van der Waals surface area contributed by atoms with Gasteiger partial charge in [0.1, 0.15) is 6.33 Å². The van der Waals surface area contributed by atoms with Gasteiger partial charge in [-0.05, 0) is 35.9 Å². The lowest BCUT2D eigenvalue weighted by Gasteiger charge is -2.20. The van der Waals surface area contributed by atoms with Crippen molar-refractivity contribution in [2.75, 3.05) is 6.26 Å². The van der Waals surface area contributed by atoms with E-state index in [9.17, 15) is 21.6 Å². The number of nitrogens with zero attached hydrogens (tertiary/aromatic N) is 2. The average molecular weight is 471 g/mol. The molecule has 1 heterocycles. The predicted molar refractivity (Wildman–Crippen MR) is 111 cm³/mol. The summed E-state index contributed by atoms with van der Waals surface area (Å²) in [5.74, 6) is 0. The monoisotopic (exact) mass is 470 g/mol. The maximum absolute atomic E-state index is 12.9.